The number of nitrogens with zero attached hydrogens (tertiary/aromatic N) is 1. The third kappa shape index (κ3) is 4.61. The minimum absolute atomic E-state index is 0.0779. The highest BCUT2D eigenvalue weighted by Crippen LogP contribution is 2.69. The molecule has 2 heterocycles. The van der Waals surface area contributed by atoms with Crippen molar-refractivity contribution in [2.24, 2.45) is 34.5 Å². The maximum atomic E-state index is 12.5. The maximum Gasteiger partial charge on any atom is 0.305 e. The van der Waals surface area contributed by atoms with Crippen molar-refractivity contribution in [3.63, 3.8) is 0 Å². The van der Waals surface area contributed by atoms with Gasteiger partial charge in [-0.15, -0.1) is 10.1 Å². The molecule has 0 radical (unpaired) electrons. The Morgan fingerprint density at radius 2 is 1.76 bits per heavy atom. The van der Waals surface area contributed by atoms with Crippen molar-refractivity contribution in [3.8, 4) is 0 Å². The first-order valence-corrected chi connectivity index (χ1v) is 15.4. The lowest BCUT2D eigenvalue weighted by atomic mass is 9.44. The summed E-state index contributed by atoms with van der Waals surface area (Å²) in [5.74, 6) is 1.11. The normalized spacial score (nSPS) is 51.5. The molecule has 3 N–H and O–H groups in total. The van der Waals surface area contributed by atoms with Gasteiger partial charge in [-0.2, -0.15) is 0 Å². The van der Waals surface area contributed by atoms with Gasteiger partial charge in [0, 0.05) is 6.42 Å². The van der Waals surface area contributed by atoms with Gasteiger partial charge in [0.15, 0.2) is 12.4 Å². The molecule has 2 aliphatic heterocycles. The Morgan fingerprint density at radius 1 is 1.00 bits per heavy atom. The molecule has 3 saturated carbocycles. The minimum Gasteiger partial charge on any atom is -0.465 e. The van der Waals surface area contributed by atoms with Crippen molar-refractivity contribution < 1.29 is 44.2 Å². The fraction of sp³-hybridized carbons (Fsp3) is 0.900. The van der Waals surface area contributed by atoms with Gasteiger partial charge in [0.1, 0.15) is 12.2 Å². The summed E-state index contributed by atoms with van der Waals surface area (Å²) < 4.78 is 17.3. The predicted octanol–water partition coefficient (Wildman–Crippen LogP) is 3.06. The second-order valence-corrected chi connectivity index (χ2v) is 14.1. The third-order valence-electron chi connectivity index (χ3n) is 12.4. The molecule has 5 fully saturated rings. The molecule has 6 aliphatic rings. The highest BCUT2D eigenvalue weighted by atomic mass is 17.0. The van der Waals surface area contributed by atoms with Crippen LogP contribution in [-0.2, 0) is 23.8 Å². The largest absolute Gasteiger partial charge is 0.465 e. The lowest BCUT2D eigenvalue weighted by molar-refractivity contribution is -0.776. The number of cyclic esters (lactones) is 1. The van der Waals surface area contributed by atoms with Crippen LogP contribution in [0, 0.1) is 44.6 Å². The van der Waals surface area contributed by atoms with E-state index in [-0.39, 0.29) is 28.8 Å². The molecular formula is C30H45NO10. The summed E-state index contributed by atoms with van der Waals surface area (Å²) in [6.45, 7) is 6.67. The summed E-state index contributed by atoms with van der Waals surface area (Å²) in [5, 5.41) is 43.2. The van der Waals surface area contributed by atoms with Crippen molar-refractivity contribution in [2.75, 3.05) is 6.61 Å². The summed E-state index contributed by atoms with van der Waals surface area (Å²) in [5.41, 5.74) is 0.297. The number of esters is 1. The molecule has 0 amide bonds. The van der Waals surface area contributed by atoms with Crippen LogP contribution in [-0.4, -0.2) is 75.4 Å². The first kappa shape index (κ1) is 29.3. The van der Waals surface area contributed by atoms with Crippen LogP contribution < -0.4 is 0 Å². The van der Waals surface area contributed by atoms with E-state index in [9.17, 15) is 30.2 Å². The van der Waals surface area contributed by atoms with Crippen LogP contribution in [0.5, 0.6) is 0 Å². The first-order valence-electron chi connectivity index (χ1n) is 15.4. The Morgan fingerprint density at radius 3 is 2.46 bits per heavy atom. The molecule has 4 aliphatic carbocycles. The quantitative estimate of drug-likeness (QED) is 0.191. The van der Waals surface area contributed by atoms with Crippen LogP contribution in [0.4, 0.5) is 0 Å². The number of aliphatic hydroxyl groups excluding tert-OH is 2. The molecule has 11 heteroatoms. The number of aliphatic hydroxyl groups is 3. The third-order valence-corrected chi connectivity index (χ3v) is 12.4. The van der Waals surface area contributed by atoms with Gasteiger partial charge in [0.25, 0.3) is 5.09 Å². The number of allylic oxidation sites excluding steroid dienone is 1. The molecular weight excluding hydrogens is 534 g/mol. The van der Waals surface area contributed by atoms with Gasteiger partial charge >= 0.3 is 5.97 Å². The number of rotatable bonds is 5. The van der Waals surface area contributed by atoms with Crippen LogP contribution in [0.15, 0.2) is 11.6 Å². The van der Waals surface area contributed by atoms with Gasteiger partial charge in [-0.25, -0.2) is 0 Å². The topological polar surface area (TPSA) is 158 Å². The van der Waals surface area contributed by atoms with E-state index in [4.69, 9.17) is 14.2 Å². The van der Waals surface area contributed by atoms with Crippen LogP contribution >= 0.6 is 0 Å². The summed E-state index contributed by atoms with van der Waals surface area (Å²) in [7, 11) is 0. The van der Waals surface area contributed by atoms with Crippen LogP contribution in [0.25, 0.3) is 0 Å². The van der Waals surface area contributed by atoms with Crippen molar-refractivity contribution in [1.29, 1.82) is 0 Å². The van der Waals surface area contributed by atoms with E-state index in [1.54, 1.807) is 6.92 Å². The molecule has 6 rings (SSSR count). The Labute approximate surface area is 240 Å². The Bertz CT molecular complexity index is 1070. The van der Waals surface area contributed by atoms with Crippen molar-refractivity contribution in [3.05, 3.63) is 21.8 Å². The van der Waals surface area contributed by atoms with E-state index in [0.717, 1.165) is 51.4 Å². The zero-order chi connectivity index (χ0) is 29.3. The molecule has 11 nitrogen and oxygen atoms in total. The number of fused-ring (bicyclic) bond motifs is 5. The Balaban J connectivity index is 1.18. The van der Waals surface area contributed by atoms with E-state index < -0.39 is 41.4 Å². The van der Waals surface area contributed by atoms with Crippen LogP contribution in [0.2, 0.25) is 0 Å². The molecule has 0 spiro atoms. The maximum absolute atomic E-state index is 12.5. The molecule has 13 atom stereocenters. The summed E-state index contributed by atoms with van der Waals surface area (Å²) in [4.78, 5) is 27.5. The highest BCUT2D eigenvalue weighted by molar-refractivity contribution is 5.70. The zero-order valence-corrected chi connectivity index (χ0v) is 24.3. The minimum atomic E-state index is -1.51. The molecule has 0 aromatic carbocycles. The number of ether oxygens (including phenoxy) is 3. The lowest BCUT2D eigenvalue weighted by Crippen LogP contribution is -2.61. The monoisotopic (exact) mass is 579 g/mol. The van der Waals surface area contributed by atoms with Crippen LogP contribution in [0.1, 0.15) is 85.0 Å². The molecule has 0 bridgehead atoms. The van der Waals surface area contributed by atoms with E-state index >= 15 is 0 Å². The smallest absolute Gasteiger partial charge is 0.305 e. The molecule has 0 aromatic rings. The fourth-order valence-corrected chi connectivity index (χ4v) is 10.0. The van der Waals surface area contributed by atoms with Gasteiger partial charge in [-0.3, -0.25) is 4.79 Å². The van der Waals surface area contributed by atoms with E-state index in [1.807, 2.05) is 0 Å². The number of carbonyl (C=O) groups excluding carboxylic acids is 1. The van der Waals surface area contributed by atoms with E-state index in [1.165, 1.54) is 5.57 Å². The summed E-state index contributed by atoms with van der Waals surface area (Å²) in [6, 6.07) is 0. The lowest BCUT2D eigenvalue weighted by Gasteiger charge is -2.62. The second-order valence-electron chi connectivity index (χ2n) is 14.1. The number of hydrogen-bond acceptors (Lipinski definition) is 10. The van der Waals surface area contributed by atoms with Gasteiger partial charge in [0.05, 0.1) is 24.4 Å². The van der Waals surface area contributed by atoms with Crippen molar-refractivity contribution in [2.45, 2.75) is 127 Å². The zero-order valence-electron chi connectivity index (χ0n) is 24.3. The predicted molar refractivity (Wildman–Crippen MR) is 143 cm³/mol. The molecule has 41 heavy (non-hydrogen) atoms. The van der Waals surface area contributed by atoms with E-state index in [0.29, 0.717) is 37.2 Å². The van der Waals surface area contributed by atoms with Crippen molar-refractivity contribution in [1.82, 2.24) is 0 Å². The van der Waals surface area contributed by atoms with Gasteiger partial charge in [0.2, 0.25) is 0 Å². The average Bonchev–Trinajstić information content (AvgIpc) is 3.21. The van der Waals surface area contributed by atoms with E-state index in [2.05, 4.69) is 24.8 Å². The molecule has 0 unspecified atom stereocenters. The van der Waals surface area contributed by atoms with Gasteiger partial charge in [-0.1, -0.05) is 25.5 Å². The fourth-order valence-electron chi connectivity index (χ4n) is 10.0. The second kappa shape index (κ2) is 10.4. The standard InChI is InChI=1S/C30H45NO10/c1-16-24(33)25(34)26(41-31(36)37)27(39-16)40-19-8-11-28(2)18(14-19)5-6-22-21(28)9-12-29(3)20(10-13-30(22,29)35)17-4-7-23(32)38-15-17/h14,16-17,19-22,24-27,33-35H,4-13,15H2,1-3H3/t16-,17-,19-,20+,21-,22+,24-,25+,26+,27-,28-,29+,30-/m0/s1. The van der Waals surface area contributed by atoms with Gasteiger partial charge < -0.3 is 34.4 Å². The summed E-state index contributed by atoms with van der Waals surface area (Å²) >= 11 is 0. The first-order chi connectivity index (χ1) is 19.4. The van der Waals surface area contributed by atoms with Crippen LogP contribution in [0.3, 0.4) is 0 Å². The Hall–Kier alpha value is -1.79. The van der Waals surface area contributed by atoms with Crippen molar-refractivity contribution >= 4 is 5.97 Å². The Kier molecular flexibility index (Phi) is 7.45. The van der Waals surface area contributed by atoms with Gasteiger partial charge in [-0.05, 0) is 99.2 Å². The molecule has 230 valence electrons. The molecule has 0 aromatic heterocycles. The highest BCUT2D eigenvalue weighted by Gasteiger charge is 2.67. The number of carbonyl (C=O) groups is 1. The summed E-state index contributed by atoms with van der Waals surface area (Å²) in [6.07, 6.45) is 3.86. The number of hydrogen-bond donors (Lipinski definition) is 3. The molecule has 2 saturated heterocycles. The SMILES string of the molecule is C[C@@H]1O[C@@H](O[C@@H]2C=C3CC[C@@H]4[C@H](CC[C@]5(C)[C@@H]([C@H]6CCC(=O)OC6)CC[C@]45O)[C@@]3(C)CC2)[C@H](O[N+](=O)[O-])[C@H](O)[C@H]1O. The average molecular weight is 580 g/mol.